The van der Waals surface area contributed by atoms with Crippen LogP contribution in [0.3, 0.4) is 0 Å². The number of ether oxygens (including phenoxy) is 2. The second-order valence-corrected chi connectivity index (χ2v) is 4.06. The molecule has 0 bridgehead atoms. The third kappa shape index (κ3) is 4.75. The van der Waals surface area contributed by atoms with Crippen LogP contribution in [0.1, 0.15) is 29.5 Å². The molecular formula is C13H19NO5. The molecule has 0 saturated carbocycles. The van der Waals surface area contributed by atoms with E-state index in [1.165, 1.54) is 13.4 Å². The highest BCUT2D eigenvalue weighted by atomic mass is 16.5. The Morgan fingerprint density at radius 3 is 2.79 bits per heavy atom. The molecule has 0 atom stereocenters. The molecule has 0 unspecified atom stereocenters. The molecule has 1 rings (SSSR count). The summed E-state index contributed by atoms with van der Waals surface area (Å²) in [5, 5.41) is 0. The molecule has 6 heteroatoms. The minimum Gasteiger partial charge on any atom is -0.466 e. The fourth-order valence-electron chi connectivity index (χ4n) is 1.62. The first-order chi connectivity index (χ1) is 9.08. The van der Waals surface area contributed by atoms with Crippen molar-refractivity contribution in [1.29, 1.82) is 0 Å². The van der Waals surface area contributed by atoms with Crippen molar-refractivity contribution >= 4 is 11.9 Å². The lowest BCUT2D eigenvalue weighted by Crippen LogP contribution is -2.23. The SMILES string of the molecule is CCOC(=O)CCN(C)Cc1ccoc1C(=O)OC. The predicted molar refractivity (Wildman–Crippen MR) is 67.6 cm³/mol. The molecule has 0 N–H and O–H groups in total. The maximum absolute atomic E-state index is 11.4. The van der Waals surface area contributed by atoms with Gasteiger partial charge in [-0.25, -0.2) is 4.79 Å². The molecule has 0 aliphatic carbocycles. The third-order valence-corrected chi connectivity index (χ3v) is 2.56. The van der Waals surface area contributed by atoms with Gasteiger partial charge in [-0.05, 0) is 20.0 Å². The molecule has 0 radical (unpaired) electrons. The Kier molecular flexibility index (Phi) is 6.08. The molecule has 0 spiro atoms. The summed E-state index contributed by atoms with van der Waals surface area (Å²) in [6, 6.07) is 1.72. The third-order valence-electron chi connectivity index (χ3n) is 2.56. The number of methoxy groups -OCH3 is 1. The van der Waals surface area contributed by atoms with E-state index in [-0.39, 0.29) is 11.7 Å². The first-order valence-electron chi connectivity index (χ1n) is 6.07. The van der Waals surface area contributed by atoms with E-state index in [2.05, 4.69) is 4.74 Å². The van der Waals surface area contributed by atoms with Crippen LogP contribution in [-0.4, -0.2) is 44.1 Å². The predicted octanol–water partition coefficient (Wildman–Crippen LogP) is 1.45. The number of rotatable bonds is 7. The summed E-state index contributed by atoms with van der Waals surface area (Å²) in [5.41, 5.74) is 0.734. The lowest BCUT2D eigenvalue weighted by atomic mass is 10.2. The molecule has 6 nitrogen and oxygen atoms in total. The molecule has 0 fully saturated rings. The van der Waals surface area contributed by atoms with Gasteiger partial charge in [0, 0.05) is 18.7 Å². The van der Waals surface area contributed by atoms with Gasteiger partial charge in [-0.3, -0.25) is 4.79 Å². The van der Waals surface area contributed by atoms with Crippen molar-refractivity contribution in [2.24, 2.45) is 0 Å². The van der Waals surface area contributed by atoms with Crippen LogP contribution in [0.25, 0.3) is 0 Å². The average Bonchev–Trinajstić information content (AvgIpc) is 2.84. The average molecular weight is 269 g/mol. The van der Waals surface area contributed by atoms with E-state index in [0.29, 0.717) is 26.1 Å². The Bertz CT molecular complexity index is 426. The zero-order valence-corrected chi connectivity index (χ0v) is 11.5. The molecule has 0 aliphatic rings. The largest absolute Gasteiger partial charge is 0.466 e. The summed E-state index contributed by atoms with van der Waals surface area (Å²) in [6.07, 6.45) is 1.76. The number of furan rings is 1. The van der Waals surface area contributed by atoms with E-state index in [1.54, 1.807) is 13.0 Å². The number of hydrogen-bond donors (Lipinski definition) is 0. The Balaban J connectivity index is 2.48. The van der Waals surface area contributed by atoms with Crippen molar-refractivity contribution in [3.8, 4) is 0 Å². The minimum atomic E-state index is -0.501. The van der Waals surface area contributed by atoms with Crippen LogP contribution in [0.5, 0.6) is 0 Å². The molecule has 0 aliphatic heterocycles. The normalized spacial score (nSPS) is 10.5. The van der Waals surface area contributed by atoms with Gasteiger partial charge in [0.1, 0.15) is 0 Å². The van der Waals surface area contributed by atoms with Gasteiger partial charge in [0.25, 0.3) is 0 Å². The summed E-state index contributed by atoms with van der Waals surface area (Å²) >= 11 is 0. The molecule has 0 amide bonds. The van der Waals surface area contributed by atoms with E-state index < -0.39 is 5.97 Å². The van der Waals surface area contributed by atoms with E-state index in [4.69, 9.17) is 9.15 Å². The maximum Gasteiger partial charge on any atom is 0.374 e. The number of carbonyl (C=O) groups is 2. The van der Waals surface area contributed by atoms with Crippen molar-refractivity contribution in [2.45, 2.75) is 19.9 Å². The monoisotopic (exact) mass is 269 g/mol. The molecule has 0 saturated heterocycles. The lowest BCUT2D eigenvalue weighted by Gasteiger charge is -2.15. The van der Waals surface area contributed by atoms with E-state index in [9.17, 15) is 9.59 Å². The molecule has 106 valence electrons. The van der Waals surface area contributed by atoms with E-state index in [0.717, 1.165) is 5.56 Å². The lowest BCUT2D eigenvalue weighted by molar-refractivity contribution is -0.143. The number of nitrogens with zero attached hydrogens (tertiary/aromatic N) is 1. The van der Waals surface area contributed by atoms with Gasteiger partial charge in [0.15, 0.2) is 0 Å². The van der Waals surface area contributed by atoms with Gasteiger partial charge in [0.2, 0.25) is 5.76 Å². The van der Waals surface area contributed by atoms with Crippen molar-refractivity contribution in [1.82, 2.24) is 4.90 Å². The number of hydrogen-bond acceptors (Lipinski definition) is 6. The Labute approximate surface area is 112 Å². The molecule has 1 aromatic heterocycles. The quantitative estimate of drug-likeness (QED) is 0.698. The molecule has 1 aromatic rings. The first kappa shape index (κ1) is 15.2. The Morgan fingerprint density at radius 2 is 2.16 bits per heavy atom. The molecule has 0 aromatic carbocycles. The van der Waals surface area contributed by atoms with Gasteiger partial charge in [-0.1, -0.05) is 0 Å². The summed E-state index contributed by atoms with van der Waals surface area (Å²) in [4.78, 5) is 24.6. The second kappa shape index (κ2) is 7.58. The van der Waals surface area contributed by atoms with Crippen molar-refractivity contribution in [2.75, 3.05) is 27.3 Å². The highest BCUT2D eigenvalue weighted by Gasteiger charge is 2.17. The standard InChI is InChI=1S/C13H19NO5/c1-4-18-11(15)5-7-14(2)9-10-6-8-19-12(10)13(16)17-3/h6,8H,4-5,7,9H2,1-3H3. The van der Waals surface area contributed by atoms with Crippen LogP contribution in [0.2, 0.25) is 0 Å². The van der Waals surface area contributed by atoms with Crippen molar-refractivity contribution in [3.63, 3.8) is 0 Å². The fourth-order valence-corrected chi connectivity index (χ4v) is 1.62. The molecule has 19 heavy (non-hydrogen) atoms. The summed E-state index contributed by atoms with van der Waals surface area (Å²) in [7, 11) is 3.16. The van der Waals surface area contributed by atoms with Crippen molar-refractivity contribution in [3.05, 3.63) is 23.7 Å². The van der Waals surface area contributed by atoms with Crippen LogP contribution < -0.4 is 0 Å². The van der Waals surface area contributed by atoms with E-state index in [1.807, 2.05) is 11.9 Å². The van der Waals surface area contributed by atoms with Crippen LogP contribution in [0, 0.1) is 0 Å². The summed E-state index contributed by atoms with van der Waals surface area (Å²) in [6.45, 7) is 3.21. The first-order valence-corrected chi connectivity index (χ1v) is 6.07. The highest BCUT2D eigenvalue weighted by Crippen LogP contribution is 2.14. The second-order valence-electron chi connectivity index (χ2n) is 4.06. The number of carbonyl (C=O) groups excluding carboxylic acids is 2. The topological polar surface area (TPSA) is 69.0 Å². The summed E-state index contributed by atoms with van der Waals surface area (Å²) in [5.74, 6) is -0.529. The Hall–Kier alpha value is -1.82. The van der Waals surface area contributed by atoms with Gasteiger partial charge in [0.05, 0.1) is 26.4 Å². The van der Waals surface area contributed by atoms with Gasteiger partial charge >= 0.3 is 11.9 Å². The zero-order valence-electron chi connectivity index (χ0n) is 11.5. The molecule has 1 heterocycles. The summed E-state index contributed by atoms with van der Waals surface area (Å²) < 4.78 is 14.6. The van der Waals surface area contributed by atoms with Gasteiger partial charge in [-0.15, -0.1) is 0 Å². The smallest absolute Gasteiger partial charge is 0.374 e. The van der Waals surface area contributed by atoms with Crippen LogP contribution in [-0.2, 0) is 20.8 Å². The van der Waals surface area contributed by atoms with Crippen LogP contribution in [0.4, 0.5) is 0 Å². The van der Waals surface area contributed by atoms with Gasteiger partial charge < -0.3 is 18.8 Å². The molecular weight excluding hydrogens is 250 g/mol. The van der Waals surface area contributed by atoms with Crippen LogP contribution >= 0.6 is 0 Å². The van der Waals surface area contributed by atoms with E-state index >= 15 is 0 Å². The highest BCUT2D eigenvalue weighted by molar-refractivity contribution is 5.87. The maximum atomic E-state index is 11.4. The number of esters is 2. The zero-order chi connectivity index (χ0) is 14.3. The minimum absolute atomic E-state index is 0.200. The van der Waals surface area contributed by atoms with Crippen molar-refractivity contribution < 1.29 is 23.5 Å². The Morgan fingerprint density at radius 1 is 1.42 bits per heavy atom. The van der Waals surface area contributed by atoms with Gasteiger partial charge in [-0.2, -0.15) is 0 Å². The van der Waals surface area contributed by atoms with Crippen LogP contribution in [0.15, 0.2) is 16.7 Å². The fraction of sp³-hybridized carbons (Fsp3) is 0.538.